The average molecular weight is 716 g/mol. The second-order valence-electron chi connectivity index (χ2n) is 15.4. The molecule has 10 rings (SSSR count). The largest absolute Gasteiger partial charge is 0.310 e. The van der Waals surface area contributed by atoms with E-state index in [1.165, 1.54) is 77.5 Å². The first kappa shape index (κ1) is 33.6. The molecule has 0 aliphatic heterocycles. The Hall–Kier alpha value is -6.96. The number of hydrogen-bond donors (Lipinski definition) is 0. The van der Waals surface area contributed by atoms with Crippen LogP contribution in [-0.4, -0.2) is 0 Å². The Labute approximate surface area is 329 Å². The maximum Gasteiger partial charge on any atom is 0.0467 e. The Morgan fingerprint density at radius 1 is 0.304 bits per heavy atom. The summed E-state index contributed by atoms with van der Waals surface area (Å²) in [7, 11) is 0. The van der Waals surface area contributed by atoms with Crippen LogP contribution in [0.5, 0.6) is 0 Å². The zero-order chi connectivity index (χ0) is 37.6. The quantitative estimate of drug-likeness (QED) is 0.159. The van der Waals surface area contributed by atoms with Crippen molar-refractivity contribution in [1.29, 1.82) is 0 Å². The number of anilines is 3. The Morgan fingerprint density at radius 2 is 0.786 bits per heavy atom. The van der Waals surface area contributed by atoms with Crippen molar-refractivity contribution in [3.63, 3.8) is 0 Å². The smallest absolute Gasteiger partial charge is 0.0467 e. The van der Waals surface area contributed by atoms with Gasteiger partial charge in [0.15, 0.2) is 0 Å². The van der Waals surface area contributed by atoms with Gasteiger partial charge in [0.2, 0.25) is 0 Å². The molecule has 0 amide bonds. The molecular formula is C55H41N. The lowest BCUT2D eigenvalue weighted by molar-refractivity contribution is 0.660. The van der Waals surface area contributed by atoms with Gasteiger partial charge >= 0.3 is 0 Å². The SMILES string of the molecule is CC1(C)c2ccccc2-c2c(-c3ccc(N(c4ccc(-c5ccc6ccccc6c5)cc4)c4cccc(-c5ccc(-c6ccccc6)cc5)c4)cc3)cccc21. The Morgan fingerprint density at radius 3 is 1.52 bits per heavy atom. The zero-order valence-corrected chi connectivity index (χ0v) is 31.7. The first-order valence-electron chi connectivity index (χ1n) is 19.5. The second-order valence-corrected chi connectivity index (χ2v) is 15.4. The molecule has 0 unspecified atom stereocenters. The Kier molecular flexibility index (Phi) is 8.23. The molecule has 0 fully saturated rings. The summed E-state index contributed by atoms with van der Waals surface area (Å²) in [5, 5.41) is 2.51. The van der Waals surface area contributed by atoms with E-state index < -0.39 is 0 Å². The van der Waals surface area contributed by atoms with Crippen molar-refractivity contribution in [2.75, 3.05) is 4.90 Å². The van der Waals surface area contributed by atoms with Crippen LogP contribution in [0.15, 0.2) is 212 Å². The lowest BCUT2D eigenvalue weighted by Gasteiger charge is -2.26. The molecule has 266 valence electrons. The molecule has 1 nitrogen and oxygen atoms in total. The van der Waals surface area contributed by atoms with Gasteiger partial charge in [0.1, 0.15) is 0 Å². The van der Waals surface area contributed by atoms with Gasteiger partial charge in [-0.1, -0.05) is 184 Å². The molecule has 1 heteroatoms. The van der Waals surface area contributed by atoms with Gasteiger partial charge < -0.3 is 4.90 Å². The highest BCUT2D eigenvalue weighted by molar-refractivity contribution is 5.93. The summed E-state index contributed by atoms with van der Waals surface area (Å²) in [6.07, 6.45) is 0. The molecule has 0 atom stereocenters. The van der Waals surface area contributed by atoms with E-state index in [1.54, 1.807) is 0 Å². The van der Waals surface area contributed by atoms with E-state index in [2.05, 4.69) is 231 Å². The first-order valence-corrected chi connectivity index (χ1v) is 19.5. The van der Waals surface area contributed by atoms with Crippen LogP contribution in [0, 0.1) is 0 Å². The average Bonchev–Trinajstić information content (AvgIpc) is 3.50. The van der Waals surface area contributed by atoms with E-state index in [0.29, 0.717) is 0 Å². The number of hydrogen-bond acceptors (Lipinski definition) is 1. The van der Waals surface area contributed by atoms with Crippen molar-refractivity contribution in [3.8, 4) is 55.6 Å². The highest BCUT2D eigenvalue weighted by Gasteiger charge is 2.36. The molecule has 56 heavy (non-hydrogen) atoms. The molecule has 0 heterocycles. The molecule has 0 radical (unpaired) electrons. The normalized spacial score (nSPS) is 12.6. The molecule has 0 spiro atoms. The Bertz CT molecular complexity index is 2850. The van der Waals surface area contributed by atoms with Gasteiger partial charge in [-0.2, -0.15) is 0 Å². The molecule has 9 aromatic carbocycles. The minimum absolute atomic E-state index is 0.0371. The molecule has 0 saturated carbocycles. The number of benzene rings is 9. The van der Waals surface area contributed by atoms with Gasteiger partial charge in [-0.25, -0.2) is 0 Å². The van der Waals surface area contributed by atoms with Gasteiger partial charge in [0.25, 0.3) is 0 Å². The number of fused-ring (bicyclic) bond motifs is 4. The third-order valence-corrected chi connectivity index (χ3v) is 11.7. The van der Waals surface area contributed by atoms with Crippen molar-refractivity contribution in [2.24, 2.45) is 0 Å². The number of nitrogens with zero attached hydrogens (tertiary/aromatic N) is 1. The van der Waals surface area contributed by atoms with Crippen molar-refractivity contribution in [3.05, 3.63) is 223 Å². The second kappa shape index (κ2) is 13.7. The fraction of sp³-hybridized carbons (Fsp3) is 0.0545. The summed E-state index contributed by atoms with van der Waals surface area (Å²) >= 11 is 0. The van der Waals surface area contributed by atoms with Gasteiger partial charge in [0, 0.05) is 22.5 Å². The molecule has 1 aliphatic carbocycles. The van der Waals surface area contributed by atoms with E-state index >= 15 is 0 Å². The molecule has 1 aliphatic rings. The predicted molar refractivity (Wildman–Crippen MR) is 238 cm³/mol. The van der Waals surface area contributed by atoms with Crippen LogP contribution in [0.25, 0.3) is 66.4 Å². The lowest BCUT2D eigenvalue weighted by Crippen LogP contribution is -2.14. The molecule has 0 aromatic heterocycles. The van der Waals surface area contributed by atoms with Crippen molar-refractivity contribution in [1.82, 2.24) is 0 Å². The Balaban J connectivity index is 1.04. The fourth-order valence-electron chi connectivity index (χ4n) is 8.71. The summed E-state index contributed by atoms with van der Waals surface area (Å²) in [6.45, 7) is 4.69. The minimum atomic E-state index is -0.0371. The summed E-state index contributed by atoms with van der Waals surface area (Å²) < 4.78 is 0. The van der Waals surface area contributed by atoms with E-state index in [9.17, 15) is 0 Å². The standard InChI is InChI=1S/C55H41N/c1-55(2)52-20-9-8-18-51(52)54-50(19-11-21-53(54)55)43-30-34-48(35-31-43)56(47-32-28-42(29-33-47)46-27-26-39-14-6-7-15-44(39)36-46)49-17-10-16-45(37-49)41-24-22-40(23-25-41)38-12-4-3-5-13-38/h3-37H,1-2H3. The van der Waals surface area contributed by atoms with Crippen LogP contribution in [0.1, 0.15) is 25.0 Å². The highest BCUT2D eigenvalue weighted by atomic mass is 15.1. The van der Waals surface area contributed by atoms with Gasteiger partial charge in [-0.3, -0.25) is 0 Å². The first-order chi connectivity index (χ1) is 27.5. The van der Waals surface area contributed by atoms with Crippen LogP contribution in [0.3, 0.4) is 0 Å². The third kappa shape index (κ3) is 5.90. The molecule has 0 bridgehead atoms. The van der Waals surface area contributed by atoms with Crippen molar-refractivity contribution >= 4 is 27.8 Å². The highest BCUT2D eigenvalue weighted by Crippen LogP contribution is 2.52. The van der Waals surface area contributed by atoms with E-state index in [1.807, 2.05) is 0 Å². The zero-order valence-electron chi connectivity index (χ0n) is 31.7. The van der Waals surface area contributed by atoms with Crippen LogP contribution in [0.4, 0.5) is 17.1 Å². The molecule has 9 aromatic rings. The topological polar surface area (TPSA) is 3.24 Å². The number of rotatable bonds is 7. The summed E-state index contributed by atoms with van der Waals surface area (Å²) in [5.41, 5.74) is 18.5. The van der Waals surface area contributed by atoms with Crippen molar-refractivity contribution < 1.29 is 0 Å². The molecule has 0 N–H and O–H groups in total. The molecule has 0 saturated heterocycles. The van der Waals surface area contributed by atoms with Crippen LogP contribution >= 0.6 is 0 Å². The van der Waals surface area contributed by atoms with Crippen LogP contribution in [-0.2, 0) is 5.41 Å². The third-order valence-electron chi connectivity index (χ3n) is 11.7. The predicted octanol–water partition coefficient (Wildman–Crippen LogP) is 15.3. The minimum Gasteiger partial charge on any atom is -0.310 e. The van der Waals surface area contributed by atoms with Gasteiger partial charge in [-0.05, 0) is 120 Å². The van der Waals surface area contributed by atoms with Crippen LogP contribution < -0.4 is 4.90 Å². The summed E-state index contributed by atoms with van der Waals surface area (Å²) in [5.74, 6) is 0. The summed E-state index contributed by atoms with van der Waals surface area (Å²) in [6, 6.07) is 77.5. The summed E-state index contributed by atoms with van der Waals surface area (Å²) in [4.78, 5) is 2.38. The van der Waals surface area contributed by atoms with Gasteiger partial charge in [-0.15, -0.1) is 0 Å². The lowest BCUT2D eigenvalue weighted by atomic mass is 9.82. The van der Waals surface area contributed by atoms with Crippen LogP contribution in [0.2, 0.25) is 0 Å². The van der Waals surface area contributed by atoms with E-state index in [-0.39, 0.29) is 5.41 Å². The van der Waals surface area contributed by atoms with E-state index in [0.717, 1.165) is 17.1 Å². The maximum atomic E-state index is 2.38. The fourth-order valence-corrected chi connectivity index (χ4v) is 8.71. The van der Waals surface area contributed by atoms with E-state index in [4.69, 9.17) is 0 Å². The molecular weight excluding hydrogens is 675 g/mol. The van der Waals surface area contributed by atoms with Crippen molar-refractivity contribution in [2.45, 2.75) is 19.3 Å². The maximum absolute atomic E-state index is 2.38. The monoisotopic (exact) mass is 715 g/mol. The van der Waals surface area contributed by atoms with Gasteiger partial charge in [0.05, 0.1) is 0 Å².